The number of carbonyl (C=O) groups is 1. The van der Waals surface area contributed by atoms with Crippen LogP contribution in [0.3, 0.4) is 0 Å². The first-order valence-electron chi connectivity index (χ1n) is 4.79. The Morgan fingerprint density at radius 1 is 1.50 bits per heavy atom. The quantitative estimate of drug-likeness (QED) is 0.856. The summed E-state index contributed by atoms with van der Waals surface area (Å²) in [6, 6.07) is 0. The van der Waals surface area contributed by atoms with E-state index in [4.69, 9.17) is 0 Å². The average molecular weight is 259 g/mol. The highest BCUT2D eigenvalue weighted by atomic mass is 19.4. The fraction of sp³-hybridized carbons (Fsp3) is 0.222. The Morgan fingerprint density at radius 3 is 2.78 bits per heavy atom. The molecule has 0 radical (unpaired) electrons. The van der Waals surface area contributed by atoms with Gasteiger partial charge in [-0.15, -0.1) is 0 Å². The van der Waals surface area contributed by atoms with Crippen molar-refractivity contribution >= 4 is 11.6 Å². The molecule has 2 aromatic heterocycles. The highest BCUT2D eigenvalue weighted by Crippen LogP contribution is 2.30. The van der Waals surface area contributed by atoms with Gasteiger partial charge in [0.2, 0.25) is 0 Å². The number of halogens is 3. The molecule has 6 nitrogen and oxygen atoms in total. The Bertz CT molecular complexity index is 557. The van der Waals surface area contributed by atoms with E-state index in [1.807, 2.05) is 0 Å². The maximum absolute atomic E-state index is 12.6. The Balaban J connectivity index is 2.30. The first kappa shape index (κ1) is 12.1. The van der Waals surface area contributed by atoms with Gasteiger partial charge in [-0.05, 0) is 0 Å². The van der Waals surface area contributed by atoms with Crippen LogP contribution in [-0.2, 0) is 13.2 Å². The molecule has 0 fully saturated rings. The van der Waals surface area contributed by atoms with Gasteiger partial charge in [0.05, 0.1) is 17.4 Å². The molecule has 1 amide bonds. The van der Waals surface area contributed by atoms with Gasteiger partial charge in [-0.1, -0.05) is 0 Å². The van der Waals surface area contributed by atoms with E-state index in [2.05, 4.69) is 20.6 Å². The molecular formula is C9H8F3N5O. The van der Waals surface area contributed by atoms with E-state index in [9.17, 15) is 18.0 Å². The minimum atomic E-state index is -4.68. The first-order valence-corrected chi connectivity index (χ1v) is 4.79. The van der Waals surface area contributed by atoms with Crippen LogP contribution in [0.5, 0.6) is 0 Å². The average Bonchev–Trinajstić information content (AvgIpc) is 2.85. The normalized spacial score (nSPS) is 11.6. The first-order chi connectivity index (χ1) is 8.38. The van der Waals surface area contributed by atoms with Crippen LogP contribution in [0.4, 0.5) is 18.9 Å². The topological polar surface area (TPSA) is 75.6 Å². The lowest BCUT2D eigenvalue weighted by Gasteiger charge is -2.05. The molecule has 0 aliphatic heterocycles. The van der Waals surface area contributed by atoms with Crippen LogP contribution >= 0.6 is 0 Å². The molecule has 2 rings (SSSR count). The molecule has 0 unspecified atom stereocenters. The van der Waals surface area contributed by atoms with Gasteiger partial charge in [0.15, 0.2) is 5.69 Å². The summed E-state index contributed by atoms with van der Waals surface area (Å²) in [7, 11) is 1.31. The fourth-order valence-corrected chi connectivity index (χ4v) is 1.38. The standard InChI is InChI=1S/C9H8F3N5O/c1-17-4-6(7(16-17)9(10,11)12)8(18)15-5-2-13-14-3-5/h2-4H,1H3,(H,13,14)(H,15,18). The molecule has 0 aliphatic carbocycles. The second-order valence-corrected chi connectivity index (χ2v) is 3.50. The monoisotopic (exact) mass is 259 g/mol. The van der Waals surface area contributed by atoms with Gasteiger partial charge in [0.25, 0.3) is 5.91 Å². The molecule has 0 saturated carbocycles. The SMILES string of the molecule is Cn1cc(C(=O)Nc2cn[nH]c2)c(C(F)(F)F)n1. The van der Waals surface area contributed by atoms with Crippen LogP contribution in [0.1, 0.15) is 16.1 Å². The van der Waals surface area contributed by atoms with E-state index in [0.29, 0.717) is 0 Å². The zero-order valence-corrected chi connectivity index (χ0v) is 9.12. The summed E-state index contributed by atoms with van der Waals surface area (Å²) < 4.78 is 38.8. The summed E-state index contributed by atoms with van der Waals surface area (Å²) in [6.45, 7) is 0. The van der Waals surface area contributed by atoms with Crippen LogP contribution in [0.15, 0.2) is 18.6 Å². The van der Waals surface area contributed by atoms with Crippen molar-refractivity contribution < 1.29 is 18.0 Å². The molecule has 0 saturated heterocycles. The van der Waals surface area contributed by atoms with E-state index in [-0.39, 0.29) is 5.69 Å². The molecule has 0 spiro atoms. The number of amides is 1. The van der Waals surface area contributed by atoms with Gasteiger partial charge >= 0.3 is 6.18 Å². The number of nitrogens with one attached hydrogen (secondary N) is 2. The Morgan fingerprint density at radius 2 is 2.22 bits per heavy atom. The van der Waals surface area contributed by atoms with Crippen LogP contribution in [0.2, 0.25) is 0 Å². The molecule has 0 aromatic carbocycles. The largest absolute Gasteiger partial charge is 0.435 e. The Hall–Kier alpha value is -2.32. The van der Waals surface area contributed by atoms with Gasteiger partial charge in [0, 0.05) is 19.4 Å². The van der Waals surface area contributed by atoms with Crippen molar-refractivity contribution in [2.75, 3.05) is 5.32 Å². The molecule has 0 aliphatic rings. The molecule has 96 valence electrons. The van der Waals surface area contributed by atoms with E-state index in [1.165, 1.54) is 19.4 Å². The summed E-state index contributed by atoms with van der Waals surface area (Å²) >= 11 is 0. The maximum atomic E-state index is 12.6. The number of H-pyrrole nitrogens is 1. The van der Waals surface area contributed by atoms with E-state index < -0.39 is 23.3 Å². The lowest BCUT2D eigenvalue weighted by atomic mass is 10.2. The Kier molecular flexibility index (Phi) is 2.81. The molecular weight excluding hydrogens is 251 g/mol. The van der Waals surface area contributed by atoms with Crippen molar-refractivity contribution in [3.8, 4) is 0 Å². The van der Waals surface area contributed by atoms with Crippen LogP contribution in [-0.4, -0.2) is 25.9 Å². The van der Waals surface area contributed by atoms with Crippen molar-refractivity contribution in [2.45, 2.75) is 6.18 Å². The molecule has 18 heavy (non-hydrogen) atoms. The van der Waals surface area contributed by atoms with E-state index in [1.54, 1.807) is 0 Å². The highest BCUT2D eigenvalue weighted by Gasteiger charge is 2.38. The van der Waals surface area contributed by atoms with Gasteiger partial charge in [-0.2, -0.15) is 23.4 Å². The third-order valence-corrected chi connectivity index (χ3v) is 2.10. The second-order valence-electron chi connectivity index (χ2n) is 3.50. The number of aromatic amines is 1. The fourth-order valence-electron chi connectivity index (χ4n) is 1.38. The van der Waals surface area contributed by atoms with Crippen molar-refractivity contribution in [3.63, 3.8) is 0 Å². The number of hydrogen-bond donors (Lipinski definition) is 2. The number of carbonyl (C=O) groups excluding carboxylic acids is 1. The predicted molar refractivity (Wildman–Crippen MR) is 54.8 cm³/mol. The lowest BCUT2D eigenvalue weighted by Crippen LogP contribution is -2.17. The smallest absolute Gasteiger partial charge is 0.319 e. The number of rotatable bonds is 2. The summed E-state index contributed by atoms with van der Waals surface area (Å²) in [5.74, 6) is -0.892. The minimum absolute atomic E-state index is 0.275. The summed E-state index contributed by atoms with van der Waals surface area (Å²) in [5.41, 5.74) is -1.48. The number of aryl methyl sites for hydroxylation is 1. The van der Waals surface area contributed by atoms with Gasteiger partial charge in [0.1, 0.15) is 0 Å². The number of aromatic nitrogens is 4. The number of anilines is 1. The molecule has 0 atom stereocenters. The molecule has 0 bridgehead atoms. The summed E-state index contributed by atoms with van der Waals surface area (Å²) in [4.78, 5) is 11.7. The molecule has 2 aromatic rings. The molecule has 2 N–H and O–H groups in total. The number of alkyl halides is 3. The van der Waals surface area contributed by atoms with Crippen molar-refractivity contribution in [3.05, 3.63) is 29.8 Å². The van der Waals surface area contributed by atoms with Crippen molar-refractivity contribution in [2.24, 2.45) is 7.05 Å². The second kappa shape index (κ2) is 4.17. The third-order valence-electron chi connectivity index (χ3n) is 2.10. The molecule has 9 heteroatoms. The maximum Gasteiger partial charge on any atom is 0.435 e. The van der Waals surface area contributed by atoms with E-state index in [0.717, 1.165) is 10.9 Å². The highest BCUT2D eigenvalue weighted by molar-refractivity contribution is 6.04. The zero-order valence-electron chi connectivity index (χ0n) is 9.12. The summed E-state index contributed by atoms with van der Waals surface area (Å²) in [6.07, 6.45) is -1.04. The van der Waals surface area contributed by atoms with E-state index >= 15 is 0 Å². The molecule has 2 heterocycles. The van der Waals surface area contributed by atoms with Crippen LogP contribution < -0.4 is 5.32 Å². The number of nitrogens with zero attached hydrogens (tertiary/aromatic N) is 3. The van der Waals surface area contributed by atoms with Gasteiger partial charge in [-0.25, -0.2) is 0 Å². The number of hydrogen-bond acceptors (Lipinski definition) is 3. The third kappa shape index (κ3) is 2.34. The van der Waals surface area contributed by atoms with Gasteiger partial charge in [-0.3, -0.25) is 14.6 Å². The Labute approximate surface area is 98.8 Å². The zero-order chi connectivity index (χ0) is 13.3. The van der Waals surface area contributed by atoms with Crippen LogP contribution in [0, 0.1) is 0 Å². The minimum Gasteiger partial charge on any atom is -0.319 e. The predicted octanol–water partition coefficient (Wildman–Crippen LogP) is 1.41. The van der Waals surface area contributed by atoms with Crippen molar-refractivity contribution in [1.29, 1.82) is 0 Å². The summed E-state index contributed by atoms with van der Waals surface area (Å²) in [5, 5.41) is 11.5. The lowest BCUT2D eigenvalue weighted by molar-refractivity contribution is -0.141. The van der Waals surface area contributed by atoms with Crippen molar-refractivity contribution in [1.82, 2.24) is 20.0 Å². The van der Waals surface area contributed by atoms with Crippen LogP contribution in [0.25, 0.3) is 0 Å². The van der Waals surface area contributed by atoms with Gasteiger partial charge < -0.3 is 5.32 Å².